The first-order valence-electron chi connectivity index (χ1n) is 13.2. The van der Waals surface area contributed by atoms with Crippen LogP contribution >= 0.6 is 0 Å². The first kappa shape index (κ1) is 36.8. The second-order valence-electron chi connectivity index (χ2n) is 10.4. The Balaban J connectivity index is 1.80. The molecule has 0 aromatic rings. The summed E-state index contributed by atoms with van der Waals surface area (Å²) in [6.07, 6.45) is -22.7. The summed E-state index contributed by atoms with van der Waals surface area (Å²) in [5.41, 5.74) is 0. The van der Waals surface area contributed by atoms with Gasteiger partial charge in [-0.25, -0.2) is 4.18 Å². The van der Waals surface area contributed by atoms with E-state index in [1.54, 1.807) is 0 Å². The fourth-order valence-corrected chi connectivity index (χ4v) is 5.20. The zero-order valence-corrected chi connectivity index (χ0v) is 24.1. The maximum absolute atomic E-state index is 11.8. The number of nitrogens with one attached hydrogen (secondary N) is 2. The monoisotopic (exact) mass is 666 g/mol. The molecule has 0 radical (unpaired) electrons. The molecule has 0 aliphatic carbocycles. The van der Waals surface area contributed by atoms with Crippen molar-refractivity contribution in [2.24, 2.45) is 0 Å². The number of carbonyl (C=O) groups excluding carboxylic acids is 2. The van der Waals surface area contributed by atoms with Gasteiger partial charge in [-0.2, -0.15) is 8.42 Å². The molecule has 0 spiro atoms. The van der Waals surface area contributed by atoms with Crippen molar-refractivity contribution in [3.63, 3.8) is 0 Å². The Hall–Kier alpha value is -1.71. The van der Waals surface area contributed by atoms with Crippen LogP contribution in [0.4, 0.5) is 0 Å². The number of ether oxygens (including phenoxy) is 5. The second kappa shape index (κ2) is 15.3. The standard InChI is InChI=1S/C22H38N2O19S/c1-6(26)23-11-16(31)14(29)10(5-39-44(35,36)37)42-21(11)38-4-9-15(30)19(12(20(34)40-9)24-7(2)27)43-22-18(33)17(32)13(28)8(3-25)41-22/h8-22,25,28-34H,3-5H2,1-2H3,(H,23,26)(H,24,27)(H,35,36,37)/t8-,9-,10-,11-,12-,13+,14-,15+,16-,17+,18-,19-,20?,21-,22+/m1/s1. The molecule has 0 aromatic carbocycles. The molecule has 1 unspecified atom stereocenters. The molecule has 3 rings (SSSR count). The maximum Gasteiger partial charge on any atom is 0.397 e. The summed E-state index contributed by atoms with van der Waals surface area (Å²) in [7, 11) is -4.98. The third kappa shape index (κ3) is 8.97. The summed E-state index contributed by atoms with van der Waals surface area (Å²) < 4.78 is 62.3. The van der Waals surface area contributed by atoms with Crippen LogP contribution in [0.3, 0.4) is 0 Å². The molecule has 11 N–H and O–H groups in total. The highest BCUT2D eigenvalue weighted by Gasteiger charge is 2.52. The highest BCUT2D eigenvalue weighted by atomic mass is 32.3. The zero-order valence-electron chi connectivity index (χ0n) is 23.3. The predicted molar refractivity (Wildman–Crippen MR) is 135 cm³/mol. The minimum Gasteiger partial charge on any atom is -0.394 e. The molecule has 15 atom stereocenters. The van der Waals surface area contributed by atoms with Crippen LogP contribution in [0.5, 0.6) is 0 Å². The van der Waals surface area contributed by atoms with Crippen molar-refractivity contribution >= 4 is 22.2 Å². The van der Waals surface area contributed by atoms with Gasteiger partial charge < -0.3 is 75.2 Å². The normalized spacial score (nSPS) is 43.3. The Kier molecular flexibility index (Phi) is 12.7. The van der Waals surface area contributed by atoms with Gasteiger partial charge in [0.25, 0.3) is 0 Å². The number of aliphatic hydroxyl groups is 8. The van der Waals surface area contributed by atoms with Crippen molar-refractivity contribution < 1.29 is 91.3 Å². The minimum absolute atomic E-state index is 0.707. The fraction of sp³-hybridized carbons (Fsp3) is 0.909. The molecule has 0 saturated carbocycles. The summed E-state index contributed by atoms with van der Waals surface area (Å²) >= 11 is 0. The minimum atomic E-state index is -4.98. The van der Waals surface area contributed by atoms with Gasteiger partial charge in [0.15, 0.2) is 18.9 Å². The molecule has 22 heteroatoms. The molecule has 3 aliphatic rings. The van der Waals surface area contributed by atoms with E-state index in [2.05, 4.69) is 14.8 Å². The largest absolute Gasteiger partial charge is 0.397 e. The molecule has 3 aliphatic heterocycles. The molecule has 2 amide bonds. The van der Waals surface area contributed by atoms with E-state index in [1.165, 1.54) is 0 Å². The van der Waals surface area contributed by atoms with E-state index < -0.39 is 134 Å². The van der Waals surface area contributed by atoms with Gasteiger partial charge in [0.2, 0.25) is 11.8 Å². The topological polar surface area (TPSA) is 330 Å². The van der Waals surface area contributed by atoms with E-state index in [4.69, 9.17) is 28.2 Å². The van der Waals surface area contributed by atoms with Crippen LogP contribution in [0.25, 0.3) is 0 Å². The van der Waals surface area contributed by atoms with Crippen molar-refractivity contribution in [1.29, 1.82) is 0 Å². The number of rotatable bonds is 11. The first-order chi connectivity index (χ1) is 20.4. The van der Waals surface area contributed by atoms with Gasteiger partial charge in [-0.1, -0.05) is 0 Å². The lowest BCUT2D eigenvalue weighted by atomic mass is 9.95. The second-order valence-corrected chi connectivity index (χ2v) is 11.5. The van der Waals surface area contributed by atoms with E-state index in [9.17, 15) is 58.9 Å². The van der Waals surface area contributed by atoms with Crippen LogP contribution in [0.2, 0.25) is 0 Å². The highest BCUT2D eigenvalue weighted by Crippen LogP contribution is 2.30. The number of amides is 2. The average Bonchev–Trinajstić information content (AvgIpc) is 2.93. The number of hydrogen-bond acceptors (Lipinski definition) is 18. The van der Waals surface area contributed by atoms with Crippen molar-refractivity contribution in [2.45, 2.75) is 106 Å². The Bertz CT molecular complexity index is 1080. The van der Waals surface area contributed by atoms with Gasteiger partial charge in [0.05, 0.1) is 19.8 Å². The van der Waals surface area contributed by atoms with Gasteiger partial charge in [-0.05, 0) is 0 Å². The quantitative estimate of drug-likeness (QED) is 0.0912. The smallest absolute Gasteiger partial charge is 0.394 e. The van der Waals surface area contributed by atoms with Gasteiger partial charge >= 0.3 is 10.4 Å². The van der Waals surface area contributed by atoms with E-state index in [0.717, 1.165) is 13.8 Å². The molecule has 0 aromatic heterocycles. The molecule has 3 heterocycles. The summed E-state index contributed by atoms with van der Waals surface area (Å²) in [6, 6.07) is -2.99. The maximum atomic E-state index is 11.8. The van der Waals surface area contributed by atoms with Crippen molar-refractivity contribution in [2.75, 3.05) is 19.8 Å². The van der Waals surface area contributed by atoms with Gasteiger partial charge in [0.1, 0.15) is 73.1 Å². The molecule has 3 fully saturated rings. The molecular weight excluding hydrogens is 628 g/mol. The van der Waals surface area contributed by atoms with Crippen molar-refractivity contribution in [3.8, 4) is 0 Å². The lowest BCUT2D eigenvalue weighted by Crippen LogP contribution is -2.68. The predicted octanol–water partition coefficient (Wildman–Crippen LogP) is -7.46. The van der Waals surface area contributed by atoms with E-state index in [1.807, 2.05) is 0 Å². The summed E-state index contributed by atoms with van der Waals surface area (Å²) in [6.45, 7) is -0.378. The third-order valence-corrected chi connectivity index (χ3v) is 7.51. The van der Waals surface area contributed by atoms with Crippen LogP contribution in [-0.2, 0) is 47.9 Å². The Morgan fingerprint density at radius 2 is 1.25 bits per heavy atom. The van der Waals surface area contributed by atoms with E-state index in [-0.39, 0.29) is 0 Å². The van der Waals surface area contributed by atoms with Gasteiger partial charge in [-0.15, -0.1) is 0 Å². The molecule has 3 saturated heterocycles. The summed E-state index contributed by atoms with van der Waals surface area (Å²) in [5, 5.41) is 87.3. The van der Waals surface area contributed by atoms with Crippen LogP contribution in [0.1, 0.15) is 13.8 Å². The Labute approximate surface area is 250 Å². The number of hydrogen-bond donors (Lipinski definition) is 11. The SMILES string of the molecule is CC(=O)N[C@H]1[C@H](OC[C@H]2OC(O)[C@H](NC(C)=O)[C@@H](O[C@@H]3O[C@H](CO)[C@H](O)[C@H](O)[C@H]3O)[C@H]2O)O[C@H](COS(=O)(=O)O)[C@@H](O)[C@@H]1O. The van der Waals surface area contributed by atoms with E-state index >= 15 is 0 Å². The Morgan fingerprint density at radius 3 is 1.82 bits per heavy atom. The third-order valence-electron chi connectivity index (χ3n) is 7.08. The molecule has 256 valence electrons. The average molecular weight is 667 g/mol. The van der Waals surface area contributed by atoms with E-state index in [0.29, 0.717) is 0 Å². The van der Waals surface area contributed by atoms with Crippen molar-refractivity contribution in [1.82, 2.24) is 10.6 Å². The molecule has 0 bridgehead atoms. The lowest BCUT2D eigenvalue weighted by Gasteiger charge is -2.47. The van der Waals surface area contributed by atoms with Gasteiger partial charge in [-0.3, -0.25) is 14.1 Å². The molecular formula is C22H38N2O19S. The zero-order chi connectivity index (χ0) is 33.1. The lowest BCUT2D eigenvalue weighted by molar-refractivity contribution is -0.345. The van der Waals surface area contributed by atoms with Crippen LogP contribution < -0.4 is 10.6 Å². The highest BCUT2D eigenvalue weighted by molar-refractivity contribution is 7.80. The summed E-state index contributed by atoms with van der Waals surface area (Å²) in [5.74, 6) is -1.41. The number of carbonyl (C=O) groups is 2. The Morgan fingerprint density at radius 1 is 0.705 bits per heavy atom. The first-order valence-corrected chi connectivity index (χ1v) is 14.6. The molecule has 44 heavy (non-hydrogen) atoms. The number of aliphatic hydroxyl groups excluding tert-OH is 8. The molecule has 21 nitrogen and oxygen atoms in total. The van der Waals surface area contributed by atoms with Gasteiger partial charge in [0, 0.05) is 13.8 Å². The van der Waals surface area contributed by atoms with Crippen molar-refractivity contribution in [3.05, 3.63) is 0 Å². The van der Waals surface area contributed by atoms with Crippen LogP contribution in [-0.4, -0.2) is 177 Å². The summed E-state index contributed by atoms with van der Waals surface area (Å²) in [4.78, 5) is 23.6. The van der Waals surface area contributed by atoms with Crippen LogP contribution in [0.15, 0.2) is 0 Å². The fourth-order valence-electron chi connectivity index (χ4n) is 4.90. The van der Waals surface area contributed by atoms with Crippen LogP contribution in [0, 0.1) is 0 Å².